The van der Waals surface area contributed by atoms with Gasteiger partial charge in [-0.2, -0.15) is 13.2 Å². The van der Waals surface area contributed by atoms with Crippen LogP contribution in [0.5, 0.6) is 0 Å². The number of para-hydroxylation sites is 3. The first-order valence-corrected chi connectivity index (χ1v) is 13.5. The molecule has 4 rings (SSSR count). The Morgan fingerprint density at radius 2 is 1.66 bits per heavy atom. The monoisotopic (exact) mass is 571 g/mol. The van der Waals surface area contributed by atoms with E-state index >= 15 is 0 Å². The molecule has 0 aliphatic carbocycles. The van der Waals surface area contributed by atoms with Gasteiger partial charge in [-0.3, -0.25) is 9.59 Å². The molecule has 0 fully saturated rings. The van der Waals surface area contributed by atoms with Gasteiger partial charge in [0.25, 0.3) is 17.7 Å². The van der Waals surface area contributed by atoms with Crippen molar-refractivity contribution in [2.24, 2.45) is 5.73 Å². The van der Waals surface area contributed by atoms with Crippen molar-refractivity contribution >= 4 is 33.8 Å². The van der Waals surface area contributed by atoms with Crippen LogP contribution in [0.1, 0.15) is 39.3 Å². The molecular weight excluding hydrogens is 539 g/mol. The fraction of sp³-hybridized carbons (Fsp3) is 0.379. The summed E-state index contributed by atoms with van der Waals surface area (Å²) in [6.45, 7) is 4.66. The summed E-state index contributed by atoms with van der Waals surface area (Å²) < 4.78 is 47.4. The van der Waals surface area contributed by atoms with E-state index in [2.05, 4.69) is 4.98 Å². The Balaban J connectivity index is 1.93. The lowest BCUT2D eigenvalue weighted by molar-refractivity contribution is -0.210. The minimum atomic E-state index is -5.31. The van der Waals surface area contributed by atoms with Crippen molar-refractivity contribution < 1.29 is 27.5 Å². The molecule has 1 unspecified atom stereocenters. The van der Waals surface area contributed by atoms with Crippen LogP contribution in [0.3, 0.4) is 0 Å². The van der Waals surface area contributed by atoms with Crippen LogP contribution in [-0.4, -0.2) is 56.7 Å². The van der Waals surface area contributed by atoms with Gasteiger partial charge in [0, 0.05) is 36.8 Å². The minimum Gasteiger partial charge on any atom is -0.425 e. The second-order valence-corrected chi connectivity index (χ2v) is 9.49. The topological polar surface area (TPSA) is 112 Å². The van der Waals surface area contributed by atoms with Gasteiger partial charge in [-0.1, -0.05) is 36.8 Å². The maximum absolute atomic E-state index is 13.9. The molecule has 2 aromatic carbocycles. The van der Waals surface area contributed by atoms with Crippen molar-refractivity contribution in [1.82, 2.24) is 19.0 Å². The molecule has 9 nitrogen and oxygen atoms in total. The molecule has 4 aromatic rings. The van der Waals surface area contributed by atoms with Crippen molar-refractivity contribution in [3.05, 3.63) is 65.1 Å². The molecule has 2 N–H and O–H groups in total. The van der Waals surface area contributed by atoms with Crippen LogP contribution in [0.25, 0.3) is 33.2 Å². The number of aryl methyl sites for hydroxylation is 1. The number of ether oxygens (including phenoxy) is 1. The van der Waals surface area contributed by atoms with Crippen LogP contribution in [0.15, 0.2) is 59.5 Å². The molecule has 0 aliphatic heterocycles. The smallest absolute Gasteiger partial charge is 0.425 e. The zero-order chi connectivity index (χ0) is 29.7. The van der Waals surface area contributed by atoms with Crippen molar-refractivity contribution in [3.63, 3.8) is 0 Å². The summed E-state index contributed by atoms with van der Waals surface area (Å²) in [6, 6.07) is 13.8. The highest BCUT2D eigenvalue weighted by molar-refractivity contribution is 5.97. The molecule has 0 radical (unpaired) electrons. The van der Waals surface area contributed by atoms with E-state index in [1.807, 2.05) is 6.07 Å². The maximum atomic E-state index is 13.9. The fourth-order valence-corrected chi connectivity index (χ4v) is 4.85. The van der Waals surface area contributed by atoms with Gasteiger partial charge < -0.3 is 24.5 Å². The zero-order valence-corrected chi connectivity index (χ0v) is 22.9. The highest BCUT2D eigenvalue weighted by atomic mass is 19.4. The van der Waals surface area contributed by atoms with Crippen LogP contribution in [0, 0.1) is 0 Å². The van der Waals surface area contributed by atoms with Crippen LogP contribution < -0.4 is 11.3 Å². The molecule has 0 spiro atoms. The summed E-state index contributed by atoms with van der Waals surface area (Å²) in [5.41, 5.74) is 7.09. The number of rotatable bonds is 11. The Morgan fingerprint density at radius 1 is 1.00 bits per heavy atom. The second-order valence-electron chi connectivity index (χ2n) is 9.49. The van der Waals surface area contributed by atoms with Crippen LogP contribution in [0.2, 0.25) is 0 Å². The largest absolute Gasteiger partial charge is 0.491 e. The van der Waals surface area contributed by atoms with E-state index in [4.69, 9.17) is 10.5 Å². The fourth-order valence-electron chi connectivity index (χ4n) is 4.85. The number of amides is 1. The lowest BCUT2D eigenvalue weighted by atomic mass is 10.1. The molecule has 1 atom stereocenters. The molecule has 218 valence electrons. The first-order valence-electron chi connectivity index (χ1n) is 13.5. The Labute approximate surface area is 234 Å². The summed E-state index contributed by atoms with van der Waals surface area (Å²) in [4.78, 5) is 45.1. The van der Waals surface area contributed by atoms with Gasteiger partial charge >= 0.3 is 12.1 Å². The molecule has 0 aliphatic rings. The number of aromatic nitrogens is 3. The standard InChI is InChI=1S/C29H32F3N5O4/c1-3-35(4-2)26(39)27(41-28(40)29(30,31)32)37-18-20(19-12-6-8-14-22(19)37)24-25(38)36(17-11-5-10-16-33)23-15-9-7-13-21(23)34-24/h6-9,12-15,18,27H,3-5,10-11,16-17,33H2,1-2H3. The summed E-state index contributed by atoms with van der Waals surface area (Å²) in [5.74, 6) is -3.32. The van der Waals surface area contributed by atoms with E-state index in [-0.39, 0.29) is 18.8 Å². The van der Waals surface area contributed by atoms with Gasteiger partial charge in [0.05, 0.1) is 16.6 Å². The number of carbonyl (C=O) groups is 2. The normalized spacial score (nSPS) is 12.5. The Kier molecular flexibility index (Phi) is 9.11. The zero-order valence-electron chi connectivity index (χ0n) is 22.9. The number of esters is 1. The number of fused-ring (bicyclic) bond motifs is 2. The van der Waals surface area contributed by atoms with Gasteiger partial charge in [0.1, 0.15) is 5.69 Å². The van der Waals surface area contributed by atoms with Gasteiger partial charge in [-0.25, -0.2) is 9.78 Å². The van der Waals surface area contributed by atoms with Gasteiger partial charge in [-0.05, 0) is 51.4 Å². The highest BCUT2D eigenvalue weighted by Gasteiger charge is 2.44. The molecule has 41 heavy (non-hydrogen) atoms. The highest BCUT2D eigenvalue weighted by Crippen LogP contribution is 2.33. The van der Waals surface area contributed by atoms with Crippen LogP contribution in [0.4, 0.5) is 13.2 Å². The van der Waals surface area contributed by atoms with Gasteiger partial charge in [0.2, 0.25) is 0 Å². The number of benzene rings is 2. The number of carbonyl (C=O) groups excluding carboxylic acids is 2. The van der Waals surface area contributed by atoms with Crippen molar-refractivity contribution in [3.8, 4) is 11.3 Å². The summed E-state index contributed by atoms with van der Waals surface area (Å²) in [7, 11) is 0. The molecule has 2 heterocycles. The number of likely N-dealkylation sites (N-methyl/N-ethyl adjacent to an activating group) is 1. The molecule has 0 saturated heterocycles. The van der Waals surface area contributed by atoms with Gasteiger partial charge in [0.15, 0.2) is 0 Å². The van der Waals surface area contributed by atoms with E-state index in [1.165, 1.54) is 11.1 Å². The summed E-state index contributed by atoms with van der Waals surface area (Å²) >= 11 is 0. The average molecular weight is 572 g/mol. The van der Waals surface area contributed by atoms with Crippen molar-refractivity contribution in [2.75, 3.05) is 19.6 Å². The quantitative estimate of drug-likeness (QED) is 0.208. The summed E-state index contributed by atoms with van der Waals surface area (Å²) in [6.07, 6.45) is -3.56. The predicted octanol–water partition coefficient (Wildman–Crippen LogP) is 4.62. The van der Waals surface area contributed by atoms with Crippen molar-refractivity contribution in [2.45, 2.75) is 52.1 Å². The lowest BCUT2D eigenvalue weighted by Crippen LogP contribution is -2.41. The third kappa shape index (κ3) is 6.12. The number of unbranched alkanes of at least 4 members (excludes halogenated alkanes) is 2. The lowest BCUT2D eigenvalue weighted by Gasteiger charge is -2.26. The number of alkyl halides is 3. The number of halogens is 3. The maximum Gasteiger partial charge on any atom is 0.491 e. The van der Waals surface area contributed by atoms with E-state index in [9.17, 15) is 27.6 Å². The molecular formula is C29H32F3N5O4. The van der Waals surface area contributed by atoms with E-state index < -0.39 is 29.8 Å². The molecule has 12 heteroatoms. The second kappa shape index (κ2) is 12.5. The molecule has 0 bridgehead atoms. The predicted molar refractivity (Wildman–Crippen MR) is 149 cm³/mol. The Hall–Kier alpha value is -4.19. The molecule has 2 aromatic heterocycles. The third-order valence-electron chi connectivity index (χ3n) is 6.92. The number of hydrogen-bond acceptors (Lipinski definition) is 6. The van der Waals surface area contributed by atoms with E-state index in [0.717, 1.165) is 17.4 Å². The Bertz CT molecular complexity index is 1610. The van der Waals surface area contributed by atoms with Crippen molar-refractivity contribution in [1.29, 1.82) is 0 Å². The molecule has 0 saturated carbocycles. The average Bonchev–Trinajstić information content (AvgIpc) is 3.33. The summed E-state index contributed by atoms with van der Waals surface area (Å²) in [5, 5.41) is 0.461. The number of nitrogens with zero attached hydrogens (tertiary/aromatic N) is 4. The number of nitrogens with two attached hydrogens (primary N) is 1. The first-order chi connectivity index (χ1) is 19.6. The SMILES string of the molecule is CCN(CC)C(=O)C(OC(=O)C(F)(F)F)n1cc(-c2nc3ccccc3n(CCCCCN)c2=O)c2ccccc21. The first kappa shape index (κ1) is 29.8. The number of hydrogen-bond donors (Lipinski definition) is 1. The van der Waals surface area contributed by atoms with Gasteiger partial charge in [-0.15, -0.1) is 0 Å². The minimum absolute atomic E-state index is 0.0636. The van der Waals surface area contributed by atoms with Crippen LogP contribution >= 0.6 is 0 Å². The van der Waals surface area contributed by atoms with Crippen LogP contribution in [-0.2, 0) is 20.9 Å². The third-order valence-corrected chi connectivity index (χ3v) is 6.92. The molecule has 1 amide bonds. The van der Waals surface area contributed by atoms with E-state index in [0.29, 0.717) is 47.0 Å². The Morgan fingerprint density at radius 3 is 2.32 bits per heavy atom. The van der Waals surface area contributed by atoms with E-state index in [1.54, 1.807) is 60.9 Å².